The first-order valence-corrected chi connectivity index (χ1v) is 9.30. The van der Waals surface area contributed by atoms with Gasteiger partial charge in [0.05, 0.1) is 7.11 Å². The van der Waals surface area contributed by atoms with Gasteiger partial charge in [-0.3, -0.25) is 0 Å². The van der Waals surface area contributed by atoms with E-state index in [1.54, 1.807) is 36.4 Å². The Kier molecular flexibility index (Phi) is 6.17. The van der Waals surface area contributed by atoms with Crippen LogP contribution in [0.25, 0.3) is 12.2 Å². The number of halogens is 1. The van der Waals surface area contributed by atoms with E-state index >= 15 is 0 Å². The Morgan fingerprint density at radius 2 is 1.56 bits per heavy atom. The number of hydrogen-bond acceptors (Lipinski definition) is 4. The zero-order valence-electron chi connectivity index (χ0n) is 13.8. The summed E-state index contributed by atoms with van der Waals surface area (Å²) in [5, 5.41) is 1.51. The predicted octanol–water partition coefficient (Wildman–Crippen LogP) is 4.25. The molecule has 2 rings (SSSR count). The van der Waals surface area contributed by atoms with E-state index in [0.29, 0.717) is 16.1 Å². The molecule has 0 aromatic heterocycles. The van der Waals surface area contributed by atoms with Crippen LogP contribution in [0.5, 0.6) is 0 Å². The third-order valence-corrected chi connectivity index (χ3v) is 5.02. The van der Waals surface area contributed by atoms with Gasteiger partial charge in [0.25, 0.3) is 0 Å². The van der Waals surface area contributed by atoms with Crippen molar-refractivity contribution in [2.45, 2.75) is 6.92 Å². The smallest absolute Gasteiger partial charge is 0.349 e. The van der Waals surface area contributed by atoms with Crippen molar-refractivity contribution in [3.05, 3.63) is 80.6 Å². The fraction of sp³-hybridized carbons (Fsp3) is 0.105. The molecule has 0 fully saturated rings. The summed E-state index contributed by atoms with van der Waals surface area (Å²) < 4.78 is 29.7. The average Bonchev–Trinajstić information content (AvgIpc) is 2.60. The number of aryl methyl sites for hydroxylation is 1. The molecule has 0 unspecified atom stereocenters. The van der Waals surface area contributed by atoms with Crippen LogP contribution in [0.2, 0.25) is 5.02 Å². The van der Waals surface area contributed by atoms with Crippen LogP contribution >= 0.6 is 11.6 Å². The molecule has 0 bridgehead atoms. The van der Waals surface area contributed by atoms with Crippen LogP contribution in [0.3, 0.4) is 0 Å². The average molecular weight is 377 g/mol. The van der Waals surface area contributed by atoms with Gasteiger partial charge in [-0.1, -0.05) is 53.6 Å². The van der Waals surface area contributed by atoms with Crippen molar-refractivity contribution in [1.82, 2.24) is 0 Å². The highest BCUT2D eigenvalue weighted by Crippen LogP contribution is 2.19. The molecule has 0 aliphatic carbocycles. The summed E-state index contributed by atoms with van der Waals surface area (Å²) in [5.41, 5.74) is 2.31. The summed E-state index contributed by atoms with van der Waals surface area (Å²) in [6.45, 7) is 1.94. The third-order valence-electron chi connectivity index (χ3n) is 3.38. The topological polar surface area (TPSA) is 60.4 Å². The number of methoxy groups -OCH3 is 1. The predicted molar refractivity (Wildman–Crippen MR) is 101 cm³/mol. The van der Waals surface area contributed by atoms with Gasteiger partial charge < -0.3 is 4.74 Å². The normalized spacial score (nSPS) is 12.4. The van der Waals surface area contributed by atoms with Crippen LogP contribution in [-0.4, -0.2) is 21.5 Å². The van der Waals surface area contributed by atoms with E-state index in [9.17, 15) is 13.2 Å². The molecular weight excluding hydrogens is 360 g/mol. The number of sulfone groups is 1. The van der Waals surface area contributed by atoms with Crippen molar-refractivity contribution in [3.8, 4) is 0 Å². The summed E-state index contributed by atoms with van der Waals surface area (Å²) in [7, 11) is -2.84. The first-order valence-electron chi connectivity index (χ1n) is 7.37. The Bertz CT molecular complexity index is 909. The lowest BCUT2D eigenvalue weighted by molar-refractivity contribution is -0.135. The van der Waals surface area contributed by atoms with Crippen LogP contribution < -0.4 is 0 Å². The molecule has 0 aliphatic rings. The fourth-order valence-corrected chi connectivity index (χ4v) is 3.21. The summed E-state index contributed by atoms with van der Waals surface area (Å²) in [5.74, 6) is -0.927. The molecule has 0 heterocycles. The van der Waals surface area contributed by atoms with E-state index in [1.165, 1.54) is 12.2 Å². The summed E-state index contributed by atoms with van der Waals surface area (Å²) in [4.78, 5) is 11.5. The second kappa shape index (κ2) is 8.14. The van der Waals surface area contributed by atoms with Gasteiger partial charge in [0.15, 0.2) is 4.91 Å². The molecule has 0 saturated heterocycles. The van der Waals surface area contributed by atoms with E-state index in [1.807, 2.05) is 19.1 Å². The Hall–Kier alpha value is -2.37. The molecule has 2 aromatic rings. The minimum Gasteiger partial charge on any atom is -0.465 e. The van der Waals surface area contributed by atoms with Crippen LogP contribution in [0.4, 0.5) is 0 Å². The van der Waals surface area contributed by atoms with Gasteiger partial charge in [-0.05, 0) is 42.3 Å². The number of carbonyl (C=O) groups is 1. The summed E-state index contributed by atoms with van der Waals surface area (Å²) in [6.07, 6.45) is 2.70. The van der Waals surface area contributed by atoms with Gasteiger partial charge in [-0.15, -0.1) is 0 Å². The van der Waals surface area contributed by atoms with Crippen molar-refractivity contribution in [3.63, 3.8) is 0 Å². The molecule has 0 saturated carbocycles. The van der Waals surface area contributed by atoms with E-state index in [0.717, 1.165) is 18.1 Å². The van der Waals surface area contributed by atoms with Gasteiger partial charge in [0.1, 0.15) is 0 Å². The molecule has 25 heavy (non-hydrogen) atoms. The number of carbonyl (C=O) groups excluding carboxylic acids is 1. The largest absolute Gasteiger partial charge is 0.465 e. The molecule has 0 spiro atoms. The summed E-state index contributed by atoms with van der Waals surface area (Å²) in [6, 6.07) is 13.8. The highest BCUT2D eigenvalue weighted by Gasteiger charge is 2.23. The Balaban J connectivity index is 2.40. The van der Waals surface area contributed by atoms with Crippen molar-refractivity contribution in [2.75, 3.05) is 7.11 Å². The minimum atomic E-state index is -3.98. The maximum absolute atomic E-state index is 12.6. The van der Waals surface area contributed by atoms with Gasteiger partial charge in [0, 0.05) is 10.4 Å². The number of ether oxygens (including phenoxy) is 1. The molecule has 0 atom stereocenters. The zero-order valence-corrected chi connectivity index (χ0v) is 15.3. The third kappa shape index (κ3) is 5.31. The molecule has 130 valence electrons. The first-order chi connectivity index (χ1) is 11.8. The Morgan fingerprint density at radius 1 is 1.00 bits per heavy atom. The highest BCUT2D eigenvalue weighted by molar-refractivity contribution is 7.99. The monoisotopic (exact) mass is 376 g/mol. The van der Waals surface area contributed by atoms with E-state index in [2.05, 4.69) is 4.74 Å². The number of benzene rings is 2. The lowest BCUT2D eigenvalue weighted by Crippen LogP contribution is -2.13. The molecule has 0 aliphatic heterocycles. The quantitative estimate of drug-likeness (QED) is 0.578. The number of rotatable bonds is 5. The highest BCUT2D eigenvalue weighted by atomic mass is 35.5. The fourth-order valence-electron chi connectivity index (χ4n) is 1.99. The first kappa shape index (κ1) is 19.0. The number of esters is 1. The maximum atomic E-state index is 12.6. The van der Waals surface area contributed by atoms with Gasteiger partial charge >= 0.3 is 5.97 Å². The van der Waals surface area contributed by atoms with E-state index < -0.39 is 20.7 Å². The second-order valence-electron chi connectivity index (χ2n) is 5.31. The minimum absolute atomic E-state index is 0.444. The molecule has 0 radical (unpaired) electrons. The standard InChI is InChI=1S/C19H17ClO4S/c1-14-3-5-15(6-4-14)11-12-25(22,23)18(19(21)24-2)13-16-7-9-17(20)10-8-16/h3-13H,1-2H3/b12-11+,18-13+. The van der Waals surface area contributed by atoms with Crippen molar-refractivity contribution in [2.24, 2.45) is 0 Å². The molecule has 2 aromatic carbocycles. The molecular formula is C19H17ClO4S. The van der Waals surface area contributed by atoms with Crippen LogP contribution in [0.15, 0.2) is 58.8 Å². The zero-order chi connectivity index (χ0) is 18.4. The van der Waals surface area contributed by atoms with E-state index in [-0.39, 0.29) is 0 Å². The van der Waals surface area contributed by atoms with Crippen molar-refractivity contribution >= 4 is 39.6 Å². The van der Waals surface area contributed by atoms with Crippen LogP contribution in [0.1, 0.15) is 16.7 Å². The number of hydrogen-bond donors (Lipinski definition) is 0. The molecule has 0 N–H and O–H groups in total. The lowest BCUT2D eigenvalue weighted by Gasteiger charge is -2.04. The van der Waals surface area contributed by atoms with Crippen molar-refractivity contribution in [1.29, 1.82) is 0 Å². The van der Waals surface area contributed by atoms with E-state index in [4.69, 9.17) is 11.6 Å². The Labute approximate surface area is 152 Å². The maximum Gasteiger partial charge on any atom is 0.349 e. The Morgan fingerprint density at radius 3 is 2.12 bits per heavy atom. The molecule has 4 nitrogen and oxygen atoms in total. The lowest BCUT2D eigenvalue weighted by atomic mass is 10.2. The molecule has 0 amide bonds. The molecule has 6 heteroatoms. The second-order valence-corrected chi connectivity index (χ2v) is 7.55. The van der Waals surface area contributed by atoms with Crippen molar-refractivity contribution < 1.29 is 17.9 Å². The van der Waals surface area contributed by atoms with Gasteiger partial charge in [-0.25, -0.2) is 13.2 Å². The SMILES string of the molecule is COC(=O)/C(=C\c1ccc(Cl)cc1)S(=O)(=O)/C=C/c1ccc(C)cc1. The van der Waals surface area contributed by atoms with Gasteiger partial charge in [-0.2, -0.15) is 0 Å². The van der Waals surface area contributed by atoms with Crippen LogP contribution in [0, 0.1) is 6.92 Å². The van der Waals surface area contributed by atoms with Gasteiger partial charge in [0.2, 0.25) is 9.84 Å². The summed E-state index contributed by atoms with van der Waals surface area (Å²) >= 11 is 5.81. The van der Waals surface area contributed by atoms with Crippen LogP contribution in [-0.2, 0) is 19.4 Å².